The van der Waals surface area contributed by atoms with Crippen LogP contribution in [0.2, 0.25) is 0 Å². The molecule has 0 bridgehead atoms. The van der Waals surface area contributed by atoms with Crippen molar-refractivity contribution in [1.29, 1.82) is 0 Å². The number of nitrogens with one attached hydrogen (secondary N) is 1. The first-order chi connectivity index (χ1) is 21.2. The minimum Gasteiger partial charge on any atom is -0.493 e. The Hall–Kier alpha value is -2.95. The summed E-state index contributed by atoms with van der Waals surface area (Å²) in [5, 5.41) is 11.6. The number of rotatable bonds is 16. The van der Waals surface area contributed by atoms with E-state index in [2.05, 4.69) is 62.4 Å². The summed E-state index contributed by atoms with van der Waals surface area (Å²) in [6.07, 6.45) is 14.0. The molecule has 2 N–H and O–H groups in total. The molecule has 0 heterocycles. The zero-order valence-corrected chi connectivity index (χ0v) is 30.6. The van der Waals surface area contributed by atoms with Gasteiger partial charge in [-0.05, 0) is 66.1 Å². The molecule has 0 aliphatic heterocycles. The van der Waals surface area contributed by atoms with Gasteiger partial charge in [0.15, 0.2) is 11.5 Å². The predicted octanol–water partition coefficient (Wildman–Crippen LogP) is 9.19. The molecule has 1 aromatic carbocycles. The van der Waals surface area contributed by atoms with E-state index in [9.17, 15) is 4.79 Å². The van der Waals surface area contributed by atoms with Crippen LogP contribution in [0.15, 0.2) is 41.5 Å². The SMILES string of the molecule is C#CC.C=O.CC.CCCC.CCCN(CC)c1ccc(OC)c(OCC)c1.CNC/C(=C/C=C(\C)CCC(=O)O)CCCl. The average Bonchev–Trinajstić information content (AvgIpc) is 3.04. The molecule has 0 spiro atoms. The topological polar surface area (TPSA) is 88.1 Å². The highest BCUT2D eigenvalue weighted by molar-refractivity contribution is 6.18. The summed E-state index contributed by atoms with van der Waals surface area (Å²) in [7, 11) is 3.56. The van der Waals surface area contributed by atoms with Crippen LogP contribution >= 0.6 is 11.6 Å². The molecule has 1 aromatic rings. The summed E-state index contributed by atoms with van der Waals surface area (Å²) in [5.41, 5.74) is 3.50. The van der Waals surface area contributed by atoms with Crippen LogP contribution in [0.1, 0.15) is 101 Å². The maximum absolute atomic E-state index is 10.4. The Morgan fingerprint density at radius 2 is 1.61 bits per heavy atom. The lowest BCUT2D eigenvalue weighted by Gasteiger charge is -2.23. The van der Waals surface area contributed by atoms with Crippen molar-refractivity contribution in [3.8, 4) is 23.8 Å². The van der Waals surface area contributed by atoms with Gasteiger partial charge in [-0.2, -0.15) is 0 Å². The van der Waals surface area contributed by atoms with E-state index >= 15 is 0 Å². The second-order valence-electron chi connectivity index (χ2n) is 8.84. The van der Waals surface area contributed by atoms with Crippen molar-refractivity contribution in [1.82, 2.24) is 5.32 Å². The Bertz CT molecular complexity index is 857. The minimum atomic E-state index is -0.757. The number of nitrogens with zero attached hydrogens (tertiary/aromatic N) is 1. The van der Waals surface area contributed by atoms with E-state index in [0.717, 1.165) is 49.5 Å². The second-order valence-corrected chi connectivity index (χ2v) is 9.22. The Kier molecular flexibility index (Phi) is 48.6. The Morgan fingerprint density at radius 3 is 2.00 bits per heavy atom. The van der Waals surface area contributed by atoms with Crippen molar-refractivity contribution in [2.45, 2.75) is 101 Å². The van der Waals surface area contributed by atoms with Crippen molar-refractivity contribution in [3.05, 3.63) is 41.5 Å². The van der Waals surface area contributed by atoms with Crippen molar-refractivity contribution in [2.75, 3.05) is 51.2 Å². The molecular formula is C36H65ClN2O5. The number of methoxy groups -OCH3 is 1. The number of likely N-dealkylation sites (N-methyl/N-ethyl adjacent to an activating group) is 1. The van der Waals surface area contributed by atoms with Gasteiger partial charge in [-0.15, -0.1) is 23.9 Å². The highest BCUT2D eigenvalue weighted by Gasteiger charge is 2.09. The molecule has 0 saturated carbocycles. The predicted molar refractivity (Wildman–Crippen MR) is 194 cm³/mol. The van der Waals surface area contributed by atoms with E-state index in [1.54, 1.807) is 14.0 Å². The normalized spacial score (nSPS) is 9.70. The first-order valence-corrected chi connectivity index (χ1v) is 16.2. The number of carbonyl (C=O) groups excluding carboxylic acids is 1. The summed E-state index contributed by atoms with van der Waals surface area (Å²) in [5.74, 6) is 3.72. The lowest BCUT2D eigenvalue weighted by molar-refractivity contribution is -0.136. The molecule has 0 unspecified atom stereocenters. The summed E-state index contributed by atoms with van der Waals surface area (Å²) in [6.45, 7) is 23.8. The number of benzene rings is 1. The first-order valence-electron chi connectivity index (χ1n) is 15.7. The van der Waals surface area contributed by atoms with Crippen molar-refractivity contribution in [2.24, 2.45) is 0 Å². The van der Waals surface area contributed by atoms with E-state index in [4.69, 9.17) is 31.0 Å². The van der Waals surface area contributed by atoms with Crippen molar-refractivity contribution < 1.29 is 24.2 Å². The Balaban J connectivity index is -0.000000174. The zero-order valence-electron chi connectivity index (χ0n) is 29.9. The fraction of sp³-hybridized carbons (Fsp3) is 0.611. The van der Waals surface area contributed by atoms with Gasteiger partial charge >= 0.3 is 5.97 Å². The van der Waals surface area contributed by atoms with Gasteiger partial charge in [0.2, 0.25) is 0 Å². The van der Waals surface area contributed by atoms with Crippen molar-refractivity contribution in [3.63, 3.8) is 0 Å². The molecule has 0 aliphatic carbocycles. The fourth-order valence-electron chi connectivity index (χ4n) is 3.10. The molecule has 0 amide bonds. The van der Waals surface area contributed by atoms with Crippen LogP contribution in [0.3, 0.4) is 0 Å². The van der Waals surface area contributed by atoms with E-state index in [1.807, 2.05) is 59.8 Å². The molecule has 44 heavy (non-hydrogen) atoms. The maximum atomic E-state index is 10.4. The highest BCUT2D eigenvalue weighted by Crippen LogP contribution is 2.31. The summed E-state index contributed by atoms with van der Waals surface area (Å²) >= 11 is 5.68. The quantitative estimate of drug-likeness (QED) is 0.106. The number of hydrogen-bond acceptors (Lipinski definition) is 6. The molecule has 8 heteroatoms. The van der Waals surface area contributed by atoms with E-state index < -0.39 is 5.97 Å². The molecule has 0 atom stereocenters. The van der Waals surface area contributed by atoms with Crippen LogP contribution in [0.4, 0.5) is 5.69 Å². The molecule has 0 radical (unpaired) electrons. The third-order valence-corrected chi connectivity index (χ3v) is 5.53. The summed E-state index contributed by atoms with van der Waals surface area (Å²) < 4.78 is 10.9. The number of carboxylic acids is 1. The number of hydrogen-bond donors (Lipinski definition) is 2. The maximum Gasteiger partial charge on any atom is 0.303 e. The summed E-state index contributed by atoms with van der Waals surface area (Å²) in [4.78, 5) is 20.7. The van der Waals surface area contributed by atoms with E-state index in [-0.39, 0.29) is 6.42 Å². The monoisotopic (exact) mass is 640 g/mol. The lowest BCUT2D eigenvalue weighted by Crippen LogP contribution is -2.23. The number of terminal acetylenes is 1. The van der Waals surface area contributed by atoms with Crippen molar-refractivity contribution >= 4 is 30.0 Å². The van der Waals surface area contributed by atoms with E-state index in [0.29, 0.717) is 18.9 Å². The molecule has 256 valence electrons. The molecule has 0 fully saturated rings. The second kappa shape index (κ2) is 42.2. The number of halogens is 1. The Morgan fingerprint density at radius 1 is 1.05 bits per heavy atom. The third-order valence-electron chi connectivity index (χ3n) is 5.34. The van der Waals surface area contributed by atoms with Gasteiger partial charge in [0.25, 0.3) is 0 Å². The number of unbranched alkanes of at least 4 members (excludes halogenated alkanes) is 1. The molecule has 1 rings (SSSR count). The van der Waals surface area contributed by atoms with Crippen LogP contribution in [-0.4, -0.2) is 64.1 Å². The summed E-state index contributed by atoms with van der Waals surface area (Å²) in [6, 6.07) is 6.11. The molecule has 0 aliphatic rings. The molecule has 7 nitrogen and oxygen atoms in total. The number of allylic oxidation sites excluding steroid dienone is 3. The molecular weight excluding hydrogens is 576 g/mol. The Labute approximate surface area is 276 Å². The number of carbonyl (C=O) groups is 2. The highest BCUT2D eigenvalue weighted by atomic mass is 35.5. The van der Waals surface area contributed by atoms with Gasteiger partial charge in [0, 0.05) is 43.7 Å². The van der Waals surface area contributed by atoms with Crippen LogP contribution in [0.5, 0.6) is 11.5 Å². The number of alkyl halides is 1. The van der Waals surface area contributed by atoms with Crippen LogP contribution in [-0.2, 0) is 9.59 Å². The van der Waals surface area contributed by atoms with E-state index in [1.165, 1.54) is 24.1 Å². The van der Waals surface area contributed by atoms with Gasteiger partial charge < -0.3 is 29.6 Å². The average molecular weight is 641 g/mol. The van der Waals surface area contributed by atoms with Gasteiger partial charge in [-0.1, -0.05) is 70.8 Å². The van der Waals surface area contributed by atoms with Gasteiger partial charge in [0.1, 0.15) is 6.79 Å². The number of carboxylic acid groups (broad SMARTS) is 1. The smallest absolute Gasteiger partial charge is 0.303 e. The molecule has 0 saturated heterocycles. The number of anilines is 1. The fourth-order valence-corrected chi connectivity index (χ4v) is 3.34. The van der Waals surface area contributed by atoms with Crippen LogP contribution in [0.25, 0.3) is 0 Å². The van der Waals surface area contributed by atoms with Gasteiger partial charge in [-0.3, -0.25) is 4.79 Å². The largest absolute Gasteiger partial charge is 0.493 e. The first kappa shape index (κ1) is 50.7. The number of aliphatic carboxylic acids is 1. The third kappa shape index (κ3) is 33.6. The molecule has 0 aromatic heterocycles. The van der Waals surface area contributed by atoms with Crippen LogP contribution in [0, 0.1) is 12.3 Å². The number of ether oxygens (including phenoxy) is 2. The van der Waals surface area contributed by atoms with Gasteiger partial charge in [0.05, 0.1) is 13.7 Å². The minimum absolute atomic E-state index is 0.188. The lowest BCUT2D eigenvalue weighted by atomic mass is 10.1. The van der Waals surface area contributed by atoms with Gasteiger partial charge in [-0.25, -0.2) is 0 Å². The van der Waals surface area contributed by atoms with Crippen LogP contribution < -0.4 is 19.7 Å². The zero-order chi connectivity index (χ0) is 35.2. The standard InChI is InChI=1S/C14H23NO2.C12H20ClNO2.C4H10.C3H4.C2H6.CH2O/c1-5-10-15(6-2)12-8-9-13(16-4)14(11-12)17-7-3;1-10(4-6-12(15)16)3-5-11(7-8-13)9-14-2;1-3-4-2;1-3-2;2*1-2/h8-9,11H,5-7,10H2,1-4H3;3,5,14H,4,6-9H2,1-2H3,(H,15,16);3-4H2,1-2H3;1H,2H3;1-2H3;1H2/b;10-3+,11-5+;;;;.